The van der Waals surface area contributed by atoms with Gasteiger partial charge in [-0.1, -0.05) is 36.1 Å². The first-order valence-electron chi connectivity index (χ1n) is 5.33. The highest BCUT2D eigenvalue weighted by Crippen LogP contribution is 2.19. The van der Waals surface area contributed by atoms with Crippen molar-refractivity contribution in [2.24, 2.45) is 0 Å². The fraction of sp³-hybridized carbons (Fsp3) is 0.692. The molecule has 0 radical (unpaired) electrons. The van der Waals surface area contributed by atoms with E-state index in [9.17, 15) is 0 Å². The van der Waals surface area contributed by atoms with Gasteiger partial charge in [0.25, 0.3) is 0 Å². The van der Waals surface area contributed by atoms with Crippen LogP contribution in [0.2, 0.25) is 0 Å². The van der Waals surface area contributed by atoms with Crippen molar-refractivity contribution in [2.45, 2.75) is 60.8 Å². The molecule has 0 aromatic carbocycles. The molecule has 0 saturated carbocycles. The molecule has 0 aliphatic rings. The van der Waals surface area contributed by atoms with Crippen molar-refractivity contribution in [3.05, 3.63) is 22.3 Å². The van der Waals surface area contributed by atoms with Crippen molar-refractivity contribution in [1.29, 1.82) is 0 Å². The second kappa shape index (κ2) is 6.01. The molecule has 0 aromatic heterocycles. The summed E-state index contributed by atoms with van der Waals surface area (Å²) in [5, 5.41) is 0. The first kappa shape index (κ1) is 12.5. The van der Waals surface area contributed by atoms with E-state index in [0.29, 0.717) is 0 Å². The fourth-order valence-electron chi connectivity index (χ4n) is 1.30. The Hall–Kier alpha value is -0.520. The van der Waals surface area contributed by atoms with Crippen molar-refractivity contribution in [3.63, 3.8) is 0 Å². The van der Waals surface area contributed by atoms with Gasteiger partial charge in [0.1, 0.15) is 0 Å². The van der Waals surface area contributed by atoms with Crippen LogP contribution >= 0.6 is 0 Å². The number of hydrogen-bond acceptors (Lipinski definition) is 0. The summed E-state index contributed by atoms with van der Waals surface area (Å²) in [7, 11) is 0. The van der Waals surface area contributed by atoms with E-state index >= 15 is 0 Å². The Morgan fingerprint density at radius 3 is 1.15 bits per heavy atom. The standard InChI is InChI=1S/C13H24/c1-7-10(3)12(5)9-13(6)11(4)8-2/h7-9H2,1-6H3/b12-10-,13-11-. The maximum absolute atomic E-state index is 2.26. The van der Waals surface area contributed by atoms with Gasteiger partial charge < -0.3 is 0 Å². The largest absolute Gasteiger partial charge is 0.0743 e. The van der Waals surface area contributed by atoms with Gasteiger partial charge in [-0.15, -0.1) is 0 Å². The highest BCUT2D eigenvalue weighted by Gasteiger charge is 1.99. The maximum Gasteiger partial charge on any atom is -0.0109 e. The van der Waals surface area contributed by atoms with Crippen LogP contribution in [0.3, 0.4) is 0 Å². The zero-order valence-electron chi connectivity index (χ0n) is 10.1. The monoisotopic (exact) mass is 180 g/mol. The van der Waals surface area contributed by atoms with Crippen molar-refractivity contribution in [2.75, 3.05) is 0 Å². The average Bonchev–Trinajstić information content (AvgIpc) is 2.14. The second-order valence-electron chi connectivity index (χ2n) is 4.01. The second-order valence-corrected chi connectivity index (χ2v) is 4.01. The molecule has 0 heterocycles. The SMILES string of the molecule is CC/C(C)=C(/C)C/C(C)=C(/C)CC. The van der Waals surface area contributed by atoms with Crippen LogP contribution in [0.1, 0.15) is 60.8 Å². The first-order chi connectivity index (χ1) is 6.02. The summed E-state index contributed by atoms with van der Waals surface area (Å²) in [6.07, 6.45) is 3.54. The van der Waals surface area contributed by atoms with Gasteiger partial charge in [0, 0.05) is 0 Å². The minimum absolute atomic E-state index is 1.17. The van der Waals surface area contributed by atoms with E-state index in [1.165, 1.54) is 19.3 Å². The predicted molar refractivity (Wildman–Crippen MR) is 61.9 cm³/mol. The molecule has 76 valence electrons. The Morgan fingerprint density at radius 1 is 0.615 bits per heavy atom. The van der Waals surface area contributed by atoms with Crippen LogP contribution in [0.5, 0.6) is 0 Å². The summed E-state index contributed by atoms with van der Waals surface area (Å²) < 4.78 is 0. The van der Waals surface area contributed by atoms with Crippen LogP contribution < -0.4 is 0 Å². The van der Waals surface area contributed by atoms with Gasteiger partial charge in [-0.3, -0.25) is 0 Å². The topological polar surface area (TPSA) is 0 Å². The van der Waals surface area contributed by atoms with Gasteiger partial charge >= 0.3 is 0 Å². The molecule has 13 heavy (non-hydrogen) atoms. The van der Waals surface area contributed by atoms with Crippen LogP contribution in [0, 0.1) is 0 Å². The quantitative estimate of drug-likeness (QED) is 0.541. The summed E-state index contributed by atoms with van der Waals surface area (Å²) in [6.45, 7) is 13.4. The van der Waals surface area contributed by atoms with Crippen molar-refractivity contribution in [3.8, 4) is 0 Å². The molecule has 0 saturated heterocycles. The van der Waals surface area contributed by atoms with E-state index in [4.69, 9.17) is 0 Å². The Bertz CT molecular complexity index is 192. The van der Waals surface area contributed by atoms with Crippen LogP contribution in [0.15, 0.2) is 22.3 Å². The lowest BCUT2D eigenvalue weighted by Crippen LogP contribution is -1.88. The summed E-state index contributed by atoms with van der Waals surface area (Å²) in [5.41, 5.74) is 6.19. The van der Waals surface area contributed by atoms with Gasteiger partial charge in [-0.25, -0.2) is 0 Å². The number of allylic oxidation sites excluding steroid dienone is 4. The summed E-state index contributed by atoms with van der Waals surface area (Å²) >= 11 is 0. The molecule has 0 bridgehead atoms. The average molecular weight is 180 g/mol. The van der Waals surface area contributed by atoms with Crippen LogP contribution in [-0.2, 0) is 0 Å². The lowest BCUT2D eigenvalue weighted by atomic mass is 9.98. The molecule has 0 rings (SSSR count). The normalized spacial score (nSPS) is 15.2. The Kier molecular flexibility index (Phi) is 5.77. The Morgan fingerprint density at radius 2 is 0.923 bits per heavy atom. The molecule has 0 amide bonds. The number of rotatable bonds is 4. The van der Waals surface area contributed by atoms with E-state index in [2.05, 4.69) is 41.5 Å². The van der Waals surface area contributed by atoms with Crippen molar-refractivity contribution in [1.82, 2.24) is 0 Å². The lowest BCUT2D eigenvalue weighted by Gasteiger charge is -2.09. The van der Waals surface area contributed by atoms with Crippen molar-refractivity contribution >= 4 is 0 Å². The summed E-state index contributed by atoms with van der Waals surface area (Å²) in [5.74, 6) is 0. The molecule has 0 unspecified atom stereocenters. The third-order valence-corrected chi connectivity index (χ3v) is 3.05. The van der Waals surface area contributed by atoms with Gasteiger partial charge in [0.05, 0.1) is 0 Å². The van der Waals surface area contributed by atoms with Crippen LogP contribution in [0.4, 0.5) is 0 Å². The zero-order chi connectivity index (χ0) is 10.4. The first-order valence-corrected chi connectivity index (χ1v) is 5.33. The molecular formula is C13H24. The molecular weight excluding hydrogens is 156 g/mol. The highest BCUT2D eigenvalue weighted by atomic mass is 14.1. The lowest BCUT2D eigenvalue weighted by molar-refractivity contribution is 0.956. The maximum atomic E-state index is 2.26. The molecule has 0 aliphatic heterocycles. The summed E-state index contributed by atoms with van der Waals surface area (Å²) in [6, 6.07) is 0. The molecule has 0 N–H and O–H groups in total. The molecule has 0 aromatic rings. The van der Waals surface area contributed by atoms with E-state index in [-0.39, 0.29) is 0 Å². The van der Waals surface area contributed by atoms with Gasteiger partial charge in [-0.2, -0.15) is 0 Å². The molecule has 0 nitrogen and oxygen atoms in total. The molecule has 0 fully saturated rings. The van der Waals surface area contributed by atoms with Crippen molar-refractivity contribution < 1.29 is 0 Å². The van der Waals surface area contributed by atoms with E-state index in [1.807, 2.05) is 0 Å². The van der Waals surface area contributed by atoms with Crippen LogP contribution in [0.25, 0.3) is 0 Å². The van der Waals surface area contributed by atoms with Gasteiger partial charge in [-0.05, 0) is 47.0 Å². The fourth-order valence-corrected chi connectivity index (χ4v) is 1.30. The zero-order valence-corrected chi connectivity index (χ0v) is 10.1. The minimum atomic E-state index is 1.17. The Labute approximate surface area is 83.7 Å². The molecule has 0 heteroatoms. The predicted octanol–water partition coefficient (Wildman–Crippen LogP) is 4.87. The smallest absolute Gasteiger partial charge is 0.0109 e. The van der Waals surface area contributed by atoms with E-state index < -0.39 is 0 Å². The summed E-state index contributed by atoms with van der Waals surface area (Å²) in [4.78, 5) is 0. The molecule has 0 atom stereocenters. The Balaban J connectivity index is 4.46. The molecule has 0 aliphatic carbocycles. The van der Waals surface area contributed by atoms with E-state index in [0.717, 1.165) is 0 Å². The minimum Gasteiger partial charge on any atom is -0.0743 e. The number of hydrogen-bond donors (Lipinski definition) is 0. The molecule has 0 spiro atoms. The van der Waals surface area contributed by atoms with Crippen LogP contribution in [-0.4, -0.2) is 0 Å². The van der Waals surface area contributed by atoms with Gasteiger partial charge in [0.15, 0.2) is 0 Å². The van der Waals surface area contributed by atoms with Gasteiger partial charge in [0.2, 0.25) is 0 Å². The highest BCUT2D eigenvalue weighted by molar-refractivity contribution is 5.20. The third-order valence-electron chi connectivity index (χ3n) is 3.05. The van der Waals surface area contributed by atoms with E-state index in [1.54, 1.807) is 22.3 Å². The third kappa shape index (κ3) is 4.31.